The van der Waals surface area contributed by atoms with Crippen molar-refractivity contribution in [3.8, 4) is 22.5 Å². The van der Waals surface area contributed by atoms with E-state index >= 15 is 0 Å². The SMILES string of the molecule is CSc1nc(N(C)C)c2c(-c3ccccc3)c(-c3ccc(C4(NC(=O)OC(C)(C)C)CCC4)cc3)oc2n1. The molecule has 198 valence electrons. The Kier molecular flexibility index (Phi) is 6.86. The van der Waals surface area contributed by atoms with Gasteiger partial charge in [0.05, 0.1) is 10.9 Å². The highest BCUT2D eigenvalue weighted by Gasteiger charge is 2.41. The van der Waals surface area contributed by atoms with E-state index in [1.807, 2.05) is 64.2 Å². The summed E-state index contributed by atoms with van der Waals surface area (Å²) in [6.07, 6.45) is 4.39. The number of carbonyl (C=O) groups is 1. The van der Waals surface area contributed by atoms with Crippen LogP contribution in [0.4, 0.5) is 10.6 Å². The maximum absolute atomic E-state index is 12.6. The minimum Gasteiger partial charge on any atom is -0.444 e. The predicted molar refractivity (Wildman–Crippen MR) is 154 cm³/mol. The normalized spacial score (nSPS) is 14.7. The minimum absolute atomic E-state index is 0.385. The maximum Gasteiger partial charge on any atom is 0.408 e. The summed E-state index contributed by atoms with van der Waals surface area (Å²) in [5.41, 5.74) is 3.62. The van der Waals surface area contributed by atoms with E-state index in [2.05, 4.69) is 41.7 Å². The second-order valence-corrected chi connectivity index (χ2v) is 11.7. The molecular weight excluding hydrogens is 496 g/mol. The van der Waals surface area contributed by atoms with Gasteiger partial charge in [0.2, 0.25) is 5.71 Å². The van der Waals surface area contributed by atoms with E-state index < -0.39 is 11.1 Å². The number of carbonyl (C=O) groups excluding carboxylic acids is 1. The van der Waals surface area contributed by atoms with Gasteiger partial charge in [0.25, 0.3) is 0 Å². The molecule has 1 fully saturated rings. The van der Waals surface area contributed by atoms with Crippen LogP contribution in [-0.4, -0.2) is 42.0 Å². The number of alkyl carbamates (subject to hydrolysis) is 1. The third-order valence-corrected chi connectivity index (χ3v) is 7.38. The minimum atomic E-state index is -0.543. The molecule has 0 aliphatic heterocycles. The molecule has 1 amide bonds. The van der Waals surface area contributed by atoms with Gasteiger partial charge in [-0.25, -0.2) is 9.78 Å². The quantitative estimate of drug-likeness (QED) is 0.208. The van der Waals surface area contributed by atoms with Crippen LogP contribution in [0.2, 0.25) is 0 Å². The number of furan rings is 1. The van der Waals surface area contributed by atoms with Crippen LogP contribution in [0.5, 0.6) is 0 Å². The van der Waals surface area contributed by atoms with Crippen LogP contribution in [0, 0.1) is 0 Å². The number of nitrogens with one attached hydrogen (secondary N) is 1. The summed E-state index contributed by atoms with van der Waals surface area (Å²) >= 11 is 1.49. The molecule has 0 saturated heterocycles. The third kappa shape index (κ3) is 4.97. The fourth-order valence-electron chi connectivity index (χ4n) is 4.92. The lowest BCUT2D eigenvalue weighted by Gasteiger charge is -2.43. The Balaban J connectivity index is 1.59. The summed E-state index contributed by atoms with van der Waals surface area (Å²) in [6.45, 7) is 5.63. The summed E-state index contributed by atoms with van der Waals surface area (Å²) in [5, 5.41) is 4.70. The maximum atomic E-state index is 12.6. The largest absolute Gasteiger partial charge is 0.444 e. The number of thioether (sulfide) groups is 1. The van der Waals surface area contributed by atoms with Crippen molar-refractivity contribution in [3.63, 3.8) is 0 Å². The first kappa shape index (κ1) is 26.1. The van der Waals surface area contributed by atoms with Gasteiger partial charge in [-0.15, -0.1) is 0 Å². The predicted octanol–water partition coefficient (Wildman–Crippen LogP) is 7.25. The zero-order valence-electron chi connectivity index (χ0n) is 22.8. The number of anilines is 1. The van der Waals surface area contributed by atoms with Crippen LogP contribution in [0.3, 0.4) is 0 Å². The molecule has 2 heterocycles. The average Bonchev–Trinajstić information content (AvgIpc) is 3.24. The lowest BCUT2D eigenvalue weighted by atomic mass is 9.71. The number of benzene rings is 2. The zero-order chi connectivity index (χ0) is 27.1. The van der Waals surface area contributed by atoms with Gasteiger partial charge in [-0.05, 0) is 57.4 Å². The number of ether oxygens (including phenoxy) is 1. The van der Waals surface area contributed by atoms with E-state index in [9.17, 15) is 4.79 Å². The second-order valence-electron chi connectivity index (χ2n) is 10.9. The van der Waals surface area contributed by atoms with Crippen LogP contribution in [0.15, 0.2) is 64.2 Å². The Morgan fingerprint density at radius 2 is 1.71 bits per heavy atom. The van der Waals surface area contributed by atoms with Crippen LogP contribution < -0.4 is 10.2 Å². The first-order chi connectivity index (χ1) is 18.1. The molecule has 0 atom stereocenters. The smallest absolute Gasteiger partial charge is 0.408 e. The standard InChI is InChI=1S/C30H34N4O3S/c1-29(2,3)37-28(35)33-30(17-10-18-30)21-15-13-20(14-16-21)24-22(19-11-8-7-9-12-19)23-25(34(4)5)31-27(38-6)32-26(23)36-24/h7-9,11-16H,10,17-18H2,1-6H3,(H,33,35). The average molecular weight is 531 g/mol. The fraction of sp³-hybridized carbons (Fsp3) is 0.367. The highest BCUT2D eigenvalue weighted by atomic mass is 32.2. The summed E-state index contributed by atoms with van der Waals surface area (Å²) < 4.78 is 12.0. The third-order valence-electron chi connectivity index (χ3n) is 6.83. The molecule has 1 N–H and O–H groups in total. The van der Waals surface area contributed by atoms with Crippen molar-refractivity contribution < 1.29 is 13.9 Å². The lowest BCUT2D eigenvalue weighted by molar-refractivity contribution is 0.0377. The van der Waals surface area contributed by atoms with Crippen LogP contribution in [-0.2, 0) is 10.3 Å². The molecule has 2 aromatic heterocycles. The first-order valence-corrected chi connectivity index (χ1v) is 14.1. The molecule has 0 radical (unpaired) electrons. The fourth-order valence-corrected chi connectivity index (χ4v) is 5.27. The van der Waals surface area contributed by atoms with Crippen molar-refractivity contribution in [3.05, 3.63) is 60.2 Å². The topological polar surface area (TPSA) is 80.5 Å². The van der Waals surface area contributed by atoms with E-state index in [0.717, 1.165) is 58.5 Å². The van der Waals surface area contributed by atoms with Gasteiger partial charge in [-0.1, -0.05) is 66.4 Å². The van der Waals surface area contributed by atoms with Crippen LogP contribution >= 0.6 is 11.8 Å². The molecule has 1 aliphatic carbocycles. The number of aromatic nitrogens is 2. The molecule has 38 heavy (non-hydrogen) atoms. The molecule has 0 spiro atoms. The first-order valence-electron chi connectivity index (χ1n) is 12.8. The van der Waals surface area contributed by atoms with Gasteiger partial charge < -0.3 is 19.4 Å². The van der Waals surface area contributed by atoms with Crippen molar-refractivity contribution in [2.75, 3.05) is 25.3 Å². The van der Waals surface area contributed by atoms with Crippen molar-refractivity contribution >= 4 is 34.8 Å². The Bertz CT molecular complexity index is 1450. The van der Waals surface area contributed by atoms with E-state index in [0.29, 0.717) is 10.9 Å². The highest BCUT2D eigenvalue weighted by Crippen LogP contribution is 2.46. The highest BCUT2D eigenvalue weighted by molar-refractivity contribution is 7.98. The molecule has 2 aromatic carbocycles. The van der Waals surface area contributed by atoms with Crippen molar-refractivity contribution in [1.29, 1.82) is 0 Å². The zero-order valence-corrected chi connectivity index (χ0v) is 23.6. The number of hydrogen-bond acceptors (Lipinski definition) is 7. The van der Waals surface area contributed by atoms with Gasteiger partial charge in [0.1, 0.15) is 17.2 Å². The summed E-state index contributed by atoms with van der Waals surface area (Å²) in [4.78, 5) is 24.1. The van der Waals surface area contributed by atoms with Gasteiger partial charge in [-0.3, -0.25) is 0 Å². The van der Waals surface area contributed by atoms with Crippen LogP contribution in [0.1, 0.15) is 45.6 Å². The molecule has 5 rings (SSSR count). The number of rotatable bonds is 6. The molecule has 8 heteroatoms. The Hall–Kier alpha value is -3.52. The van der Waals surface area contributed by atoms with E-state index in [-0.39, 0.29) is 6.09 Å². The Morgan fingerprint density at radius 3 is 2.26 bits per heavy atom. The van der Waals surface area contributed by atoms with Gasteiger partial charge in [0, 0.05) is 25.2 Å². The van der Waals surface area contributed by atoms with E-state index in [1.54, 1.807) is 0 Å². The van der Waals surface area contributed by atoms with Crippen LogP contribution in [0.25, 0.3) is 33.6 Å². The van der Waals surface area contributed by atoms with Crippen molar-refractivity contribution in [2.45, 2.75) is 56.3 Å². The van der Waals surface area contributed by atoms with Gasteiger partial charge in [0.15, 0.2) is 5.16 Å². The number of nitrogens with zero attached hydrogens (tertiary/aromatic N) is 3. The summed E-state index contributed by atoms with van der Waals surface area (Å²) in [7, 11) is 3.97. The number of hydrogen-bond donors (Lipinski definition) is 1. The van der Waals surface area contributed by atoms with E-state index in [4.69, 9.17) is 19.1 Å². The molecule has 0 unspecified atom stereocenters. The molecular formula is C30H34N4O3S. The Morgan fingerprint density at radius 1 is 1.03 bits per heavy atom. The summed E-state index contributed by atoms with van der Waals surface area (Å²) in [5.74, 6) is 1.57. The monoisotopic (exact) mass is 530 g/mol. The molecule has 1 aliphatic rings. The van der Waals surface area contributed by atoms with Crippen molar-refractivity contribution in [2.24, 2.45) is 0 Å². The Labute approximate surface area is 228 Å². The lowest BCUT2D eigenvalue weighted by Crippen LogP contribution is -2.52. The van der Waals surface area contributed by atoms with Gasteiger partial charge >= 0.3 is 6.09 Å². The molecule has 4 aromatic rings. The second kappa shape index (κ2) is 9.98. The molecule has 0 bridgehead atoms. The molecule has 1 saturated carbocycles. The molecule has 7 nitrogen and oxygen atoms in total. The van der Waals surface area contributed by atoms with E-state index in [1.165, 1.54) is 11.8 Å². The van der Waals surface area contributed by atoms with Crippen molar-refractivity contribution in [1.82, 2.24) is 15.3 Å². The van der Waals surface area contributed by atoms with Gasteiger partial charge in [-0.2, -0.15) is 4.98 Å². The summed E-state index contributed by atoms with van der Waals surface area (Å²) in [6, 6.07) is 18.5. The number of fused-ring (bicyclic) bond motifs is 1. The number of amides is 1.